The van der Waals surface area contributed by atoms with Gasteiger partial charge in [-0.25, -0.2) is 0 Å². The Kier molecular flexibility index (Phi) is 7.46. The molecule has 1 aromatic carbocycles. The monoisotopic (exact) mass is 403 g/mol. The lowest BCUT2D eigenvalue weighted by molar-refractivity contribution is -0.138. The van der Waals surface area contributed by atoms with E-state index in [1.165, 1.54) is 6.07 Å². The number of imide groups is 2. The maximum absolute atomic E-state index is 12.9. The number of nitrogens with zero attached hydrogens (tertiary/aromatic N) is 1. The molecule has 0 aromatic heterocycles. The topological polar surface area (TPSA) is 133 Å². The predicted molar refractivity (Wildman–Crippen MR) is 104 cm³/mol. The molecule has 2 aliphatic rings. The molecular formula is C20H25N3O6. The third-order valence-corrected chi connectivity index (χ3v) is 4.60. The Morgan fingerprint density at radius 1 is 1.17 bits per heavy atom. The second kappa shape index (κ2) is 9.81. The second-order valence-corrected chi connectivity index (χ2v) is 6.45. The van der Waals surface area contributed by atoms with Crippen LogP contribution in [0, 0.1) is 0 Å². The van der Waals surface area contributed by atoms with Crippen molar-refractivity contribution in [3.05, 3.63) is 29.3 Å². The molecule has 2 aliphatic heterocycles. The smallest absolute Gasteiger partial charge is 0.303 e. The number of nitrogens with one attached hydrogen (secondary N) is 2. The first-order valence-corrected chi connectivity index (χ1v) is 9.70. The number of carbonyl (C=O) groups excluding carboxylic acids is 4. The normalized spacial score (nSPS) is 18.0. The molecule has 4 amide bonds. The van der Waals surface area contributed by atoms with Crippen LogP contribution < -0.4 is 10.6 Å². The number of benzene rings is 1. The van der Waals surface area contributed by atoms with Gasteiger partial charge in [-0.2, -0.15) is 0 Å². The highest BCUT2D eigenvalue weighted by molar-refractivity contribution is 6.25. The van der Waals surface area contributed by atoms with Gasteiger partial charge in [0.25, 0.3) is 11.8 Å². The van der Waals surface area contributed by atoms with E-state index in [0.717, 1.165) is 4.90 Å². The number of anilines is 1. The van der Waals surface area contributed by atoms with E-state index in [0.29, 0.717) is 25.1 Å². The van der Waals surface area contributed by atoms with Crippen molar-refractivity contribution in [1.82, 2.24) is 10.2 Å². The summed E-state index contributed by atoms with van der Waals surface area (Å²) in [5.74, 6) is -3.06. The molecule has 1 saturated heterocycles. The molecule has 1 aromatic rings. The van der Waals surface area contributed by atoms with Crippen LogP contribution in [0.2, 0.25) is 0 Å². The highest BCUT2D eigenvalue weighted by Crippen LogP contribution is 2.32. The van der Waals surface area contributed by atoms with E-state index in [2.05, 4.69) is 10.6 Å². The summed E-state index contributed by atoms with van der Waals surface area (Å²) in [6.45, 7) is 4.45. The standard InChI is InChI=1S/C18H19N3O6.C2H6/c22-13-8-7-12(16(25)20-13)21-17(26)10-4-3-5-11(15(10)18(21)27)19-9-2-1-6-14(23)24;1-2/h3-5,12,19H,1-2,6-9H2,(H,23,24)(H,20,22,25);1-2H3. The molecule has 156 valence electrons. The molecule has 29 heavy (non-hydrogen) atoms. The summed E-state index contributed by atoms with van der Waals surface area (Å²) in [4.78, 5) is 60.4. The minimum absolute atomic E-state index is 0.0648. The van der Waals surface area contributed by atoms with E-state index in [1.54, 1.807) is 12.1 Å². The van der Waals surface area contributed by atoms with Crippen molar-refractivity contribution in [2.45, 2.75) is 52.0 Å². The summed E-state index contributed by atoms with van der Waals surface area (Å²) in [6, 6.07) is 3.82. The Labute approximate surface area is 168 Å². The lowest BCUT2D eigenvalue weighted by Crippen LogP contribution is -2.54. The molecule has 3 rings (SSSR count). The first-order valence-electron chi connectivity index (χ1n) is 9.70. The maximum atomic E-state index is 12.9. The van der Waals surface area contributed by atoms with Gasteiger partial charge >= 0.3 is 5.97 Å². The lowest BCUT2D eigenvalue weighted by atomic mass is 10.0. The van der Waals surface area contributed by atoms with Crippen LogP contribution in [0.25, 0.3) is 0 Å². The SMILES string of the molecule is CC.O=C(O)CCCCNc1cccc2c1C(=O)N(C1CCC(=O)NC1=O)C2=O. The number of carboxylic acid groups (broad SMARTS) is 1. The average molecular weight is 403 g/mol. The lowest BCUT2D eigenvalue weighted by Gasteiger charge is -2.27. The average Bonchev–Trinajstić information content (AvgIpc) is 2.95. The zero-order valence-electron chi connectivity index (χ0n) is 16.5. The highest BCUT2D eigenvalue weighted by Gasteiger charge is 2.45. The third-order valence-electron chi connectivity index (χ3n) is 4.60. The molecule has 2 heterocycles. The van der Waals surface area contributed by atoms with Crippen molar-refractivity contribution in [2.75, 3.05) is 11.9 Å². The van der Waals surface area contributed by atoms with E-state index >= 15 is 0 Å². The molecule has 0 aliphatic carbocycles. The van der Waals surface area contributed by atoms with E-state index in [-0.39, 0.29) is 30.4 Å². The fourth-order valence-electron chi connectivity index (χ4n) is 3.29. The molecule has 9 heteroatoms. The predicted octanol–water partition coefficient (Wildman–Crippen LogP) is 1.78. The second-order valence-electron chi connectivity index (χ2n) is 6.45. The van der Waals surface area contributed by atoms with Gasteiger partial charge < -0.3 is 10.4 Å². The van der Waals surface area contributed by atoms with Crippen LogP contribution >= 0.6 is 0 Å². The zero-order valence-corrected chi connectivity index (χ0v) is 16.5. The third kappa shape index (κ3) is 4.79. The van der Waals surface area contributed by atoms with E-state index in [9.17, 15) is 24.0 Å². The van der Waals surface area contributed by atoms with Crippen molar-refractivity contribution in [1.29, 1.82) is 0 Å². The summed E-state index contributed by atoms with van der Waals surface area (Å²) in [7, 11) is 0. The van der Waals surface area contributed by atoms with Crippen molar-refractivity contribution >= 4 is 35.3 Å². The molecule has 0 spiro atoms. The number of carbonyl (C=O) groups is 5. The molecule has 1 unspecified atom stereocenters. The van der Waals surface area contributed by atoms with Crippen LogP contribution in [0.5, 0.6) is 0 Å². The number of hydrogen-bond donors (Lipinski definition) is 3. The van der Waals surface area contributed by atoms with Gasteiger partial charge in [0.05, 0.1) is 11.1 Å². The zero-order chi connectivity index (χ0) is 21.6. The van der Waals surface area contributed by atoms with Crippen LogP contribution in [0.15, 0.2) is 18.2 Å². The number of rotatable bonds is 7. The summed E-state index contributed by atoms with van der Waals surface area (Å²) >= 11 is 0. The van der Waals surface area contributed by atoms with Crippen molar-refractivity contribution < 1.29 is 29.1 Å². The maximum Gasteiger partial charge on any atom is 0.303 e. The number of hydrogen-bond acceptors (Lipinski definition) is 6. The number of unbranched alkanes of at least 4 members (excludes halogenated alkanes) is 1. The largest absolute Gasteiger partial charge is 0.481 e. The first kappa shape index (κ1) is 22.1. The Morgan fingerprint density at radius 3 is 2.55 bits per heavy atom. The summed E-state index contributed by atoms with van der Waals surface area (Å²) in [5, 5.41) is 13.9. The van der Waals surface area contributed by atoms with Gasteiger partial charge in [0.2, 0.25) is 11.8 Å². The Hall–Kier alpha value is -3.23. The van der Waals surface area contributed by atoms with Gasteiger partial charge in [-0.15, -0.1) is 0 Å². The number of fused-ring (bicyclic) bond motifs is 1. The van der Waals surface area contributed by atoms with Gasteiger partial charge in [-0.1, -0.05) is 19.9 Å². The van der Waals surface area contributed by atoms with Crippen LogP contribution in [0.3, 0.4) is 0 Å². The highest BCUT2D eigenvalue weighted by atomic mass is 16.4. The van der Waals surface area contributed by atoms with Gasteiger partial charge in [0.15, 0.2) is 0 Å². The van der Waals surface area contributed by atoms with Crippen molar-refractivity contribution in [2.24, 2.45) is 0 Å². The van der Waals surface area contributed by atoms with Crippen LogP contribution in [-0.2, 0) is 14.4 Å². The van der Waals surface area contributed by atoms with Gasteiger partial charge in [0, 0.05) is 25.1 Å². The van der Waals surface area contributed by atoms with Crippen LogP contribution in [0.1, 0.15) is 66.7 Å². The number of amides is 4. The number of piperidine rings is 1. The van der Waals surface area contributed by atoms with Crippen molar-refractivity contribution in [3.63, 3.8) is 0 Å². The molecule has 1 fully saturated rings. The number of carboxylic acids is 1. The van der Waals surface area contributed by atoms with Crippen molar-refractivity contribution in [3.8, 4) is 0 Å². The quantitative estimate of drug-likeness (QED) is 0.467. The van der Waals surface area contributed by atoms with Gasteiger partial charge in [-0.05, 0) is 31.4 Å². The van der Waals surface area contributed by atoms with E-state index in [4.69, 9.17) is 5.11 Å². The molecule has 0 bridgehead atoms. The minimum Gasteiger partial charge on any atom is -0.481 e. The van der Waals surface area contributed by atoms with Gasteiger partial charge in [0.1, 0.15) is 6.04 Å². The Bertz CT molecular complexity index is 836. The first-order chi connectivity index (χ1) is 13.9. The molecule has 9 nitrogen and oxygen atoms in total. The van der Waals surface area contributed by atoms with Crippen LogP contribution in [-0.4, -0.2) is 52.2 Å². The Morgan fingerprint density at radius 2 is 1.90 bits per heavy atom. The van der Waals surface area contributed by atoms with E-state index in [1.807, 2.05) is 13.8 Å². The summed E-state index contributed by atoms with van der Waals surface area (Å²) in [6.07, 6.45) is 1.32. The fraction of sp³-hybridized carbons (Fsp3) is 0.450. The summed E-state index contributed by atoms with van der Waals surface area (Å²) in [5.41, 5.74) is 0.877. The molecule has 3 N–H and O–H groups in total. The minimum atomic E-state index is -1.00. The molecule has 0 saturated carbocycles. The molecule has 1 atom stereocenters. The molecular weight excluding hydrogens is 378 g/mol. The van der Waals surface area contributed by atoms with Crippen LogP contribution in [0.4, 0.5) is 5.69 Å². The summed E-state index contributed by atoms with van der Waals surface area (Å²) < 4.78 is 0. The van der Waals surface area contributed by atoms with Gasteiger partial charge in [-0.3, -0.25) is 34.2 Å². The fourth-order valence-corrected chi connectivity index (χ4v) is 3.29. The molecule has 0 radical (unpaired) electrons. The number of aliphatic carboxylic acids is 1. The van der Waals surface area contributed by atoms with E-state index < -0.39 is 35.6 Å². The Balaban J connectivity index is 0.00000145.